The number of ether oxygens (including phenoxy) is 1. The topological polar surface area (TPSA) is 57.2 Å². The molecule has 6 nitrogen and oxygen atoms in total. The second-order valence-electron chi connectivity index (χ2n) is 12.5. The van der Waals surface area contributed by atoms with Crippen LogP contribution >= 0.6 is 20.7 Å². The van der Waals surface area contributed by atoms with Crippen molar-refractivity contribution in [1.82, 2.24) is 4.90 Å². The van der Waals surface area contributed by atoms with Gasteiger partial charge in [-0.3, -0.25) is 14.7 Å². The van der Waals surface area contributed by atoms with Crippen molar-refractivity contribution in [2.75, 3.05) is 36.4 Å². The van der Waals surface area contributed by atoms with Gasteiger partial charge in [-0.25, -0.2) is 0 Å². The summed E-state index contributed by atoms with van der Waals surface area (Å²) in [4.78, 5) is 22.7. The second-order valence-corrected chi connectivity index (χ2v) is 14.6. The molecule has 0 amide bonds. The van der Waals surface area contributed by atoms with E-state index in [0.717, 1.165) is 63.1 Å². The number of alkyl halides is 3. The minimum Gasteiger partial charge on any atom is -0.456 e. The fourth-order valence-electron chi connectivity index (χ4n) is 6.33. The van der Waals surface area contributed by atoms with Gasteiger partial charge in [0.25, 0.3) is 0 Å². The first-order chi connectivity index (χ1) is 21.5. The summed E-state index contributed by atoms with van der Waals surface area (Å²) in [5, 5.41) is 3.51. The van der Waals surface area contributed by atoms with E-state index in [1.54, 1.807) is 13.0 Å². The number of carbonyl (C=O) groups is 1. The van der Waals surface area contributed by atoms with Crippen molar-refractivity contribution in [1.29, 1.82) is 0 Å². The molecule has 242 valence electrons. The fourth-order valence-corrected chi connectivity index (χ4v) is 7.12. The van der Waals surface area contributed by atoms with Gasteiger partial charge < -0.3 is 15.0 Å². The van der Waals surface area contributed by atoms with Gasteiger partial charge in [-0.2, -0.15) is 8.78 Å². The number of hydrogen-bond donors (Lipinski definition) is 1. The Morgan fingerprint density at radius 2 is 1.93 bits per heavy atom. The maximum atomic E-state index is 15.5. The number of rotatable bonds is 10. The number of anilines is 2. The average Bonchev–Trinajstić information content (AvgIpc) is 3.18. The summed E-state index contributed by atoms with van der Waals surface area (Å²) >= 11 is -1.75. The molecule has 0 saturated carbocycles. The molecule has 0 aromatic heterocycles. The zero-order chi connectivity index (χ0) is 32.3. The number of fused-ring (bicyclic) bond motifs is 1. The summed E-state index contributed by atoms with van der Waals surface area (Å²) in [6, 6.07) is 12.5. The van der Waals surface area contributed by atoms with Crippen LogP contribution in [0.4, 0.5) is 20.2 Å². The van der Waals surface area contributed by atoms with Gasteiger partial charge in [-0.05, 0) is 108 Å². The standard InChI is InChI=1S/C36H45F2IN4O2/c1-7-9-27-21-28(43-18-16-42(17-19-43)23(2)3)14-15-30(27)41-32-20-25(5)35(29(22-40-32)36(37,38)39-6)45-31-11-8-10-26-13-12-24(4)34(44)33(26)31/h8,10-11,14-15,20-24,32,41H,6-7,9,12-13,16-19H2,1-5H3. The van der Waals surface area contributed by atoms with Gasteiger partial charge in [0.05, 0.1) is 11.1 Å². The zero-order valence-corrected chi connectivity index (χ0v) is 29.2. The van der Waals surface area contributed by atoms with Crippen molar-refractivity contribution >= 4 is 48.6 Å². The molecule has 2 aliphatic heterocycles. The molecule has 1 aliphatic carbocycles. The Balaban J connectivity index is 1.43. The third kappa shape index (κ3) is 7.40. The Bertz CT molecular complexity index is 1520. The lowest BCUT2D eigenvalue weighted by molar-refractivity contribution is 0.0910. The Morgan fingerprint density at radius 1 is 1.18 bits per heavy atom. The van der Waals surface area contributed by atoms with E-state index in [9.17, 15) is 4.79 Å². The number of allylic oxidation sites excluding steroid dienone is 2. The van der Waals surface area contributed by atoms with Gasteiger partial charge in [0.2, 0.25) is 0 Å². The van der Waals surface area contributed by atoms with Crippen LogP contribution in [0.1, 0.15) is 68.9 Å². The van der Waals surface area contributed by atoms with Crippen molar-refractivity contribution in [3.05, 3.63) is 76.1 Å². The summed E-state index contributed by atoms with van der Waals surface area (Å²) in [6.07, 6.45) is 5.86. The third-order valence-corrected chi connectivity index (χ3v) is 10.6. The quantitative estimate of drug-likeness (QED) is 0.198. The van der Waals surface area contributed by atoms with Gasteiger partial charge >= 0.3 is 3.93 Å². The number of ketones is 1. The van der Waals surface area contributed by atoms with Crippen LogP contribution in [-0.4, -0.2) is 63.7 Å². The third-order valence-electron chi connectivity index (χ3n) is 9.03. The van der Waals surface area contributed by atoms with Crippen LogP contribution in [0.5, 0.6) is 5.75 Å². The lowest BCUT2D eigenvalue weighted by atomic mass is 9.83. The normalized spacial score (nSPS) is 21.1. The zero-order valence-electron chi connectivity index (χ0n) is 27.0. The molecule has 0 radical (unpaired) electrons. The molecule has 9 heteroatoms. The minimum absolute atomic E-state index is 0.0116. The molecule has 5 rings (SSSR count). The Morgan fingerprint density at radius 3 is 2.62 bits per heavy atom. The van der Waals surface area contributed by atoms with Crippen molar-refractivity contribution in [3.8, 4) is 5.75 Å². The SMILES string of the molecule is C=IC(F)(F)C1=C(Oc2cccc3c2C(=O)C(C)CC3)C(C)=CC(Nc2ccc(N3CCN(C(C)C)CC3)cc2CCC)N=C1. The predicted molar refractivity (Wildman–Crippen MR) is 191 cm³/mol. The van der Waals surface area contributed by atoms with Crippen molar-refractivity contribution in [2.24, 2.45) is 10.9 Å². The Kier molecular flexibility index (Phi) is 10.6. The van der Waals surface area contributed by atoms with E-state index in [-0.39, 0.29) is 23.0 Å². The number of benzene rings is 2. The molecule has 45 heavy (non-hydrogen) atoms. The molecule has 1 saturated heterocycles. The number of aryl methyl sites for hydroxylation is 2. The summed E-state index contributed by atoms with van der Waals surface area (Å²) < 4.78 is 37.7. The van der Waals surface area contributed by atoms with Crippen molar-refractivity contribution < 1.29 is 18.3 Å². The van der Waals surface area contributed by atoms with Crippen LogP contribution in [0.3, 0.4) is 0 Å². The Hall–Kier alpha value is -2.92. The first-order valence-electron chi connectivity index (χ1n) is 16.0. The maximum Gasteiger partial charge on any atom is 0.321 e. The van der Waals surface area contributed by atoms with Gasteiger partial charge in [-0.15, -0.1) is 0 Å². The van der Waals surface area contributed by atoms with E-state index in [1.165, 1.54) is 17.5 Å². The number of piperazine rings is 1. The minimum atomic E-state index is -3.16. The molecule has 1 N–H and O–H groups in total. The largest absolute Gasteiger partial charge is 0.456 e. The highest BCUT2D eigenvalue weighted by Crippen LogP contribution is 2.41. The van der Waals surface area contributed by atoms with Gasteiger partial charge in [0, 0.05) is 55.7 Å². The highest BCUT2D eigenvalue weighted by Gasteiger charge is 2.37. The van der Waals surface area contributed by atoms with E-state index in [2.05, 4.69) is 63.6 Å². The smallest absolute Gasteiger partial charge is 0.321 e. The number of carbonyl (C=O) groups excluding carboxylic acids is 1. The van der Waals surface area contributed by atoms with Crippen LogP contribution < -0.4 is 15.0 Å². The van der Waals surface area contributed by atoms with Gasteiger partial charge in [0.15, 0.2) is 5.78 Å². The van der Waals surface area contributed by atoms with E-state index in [4.69, 9.17) is 4.74 Å². The van der Waals surface area contributed by atoms with E-state index < -0.39 is 30.8 Å². The highest BCUT2D eigenvalue weighted by molar-refractivity contribution is 14.2. The molecule has 2 atom stereocenters. The van der Waals surface area contributed by atoms with Crippen LogP contribution in [0.15, 0.2) is 64.4 Å². The number of Topliss-reactive ketones (excluding diaryl/α,β-unsaturated/α-hetero) is 1. The summed E-state index contributed by atoms with van der Waals surface area (Å²) in [6.45, 7) is 14.4. The highest BCUT2D eigenvalue weighted by atomic mass is 127. The van der Waals surface area contributed by atoms with Gasteiger partial charge in [0.1, 0.15) is 17.7 Å². The Labute approximate surface area is 276 Å². The number of halogens is 3. The summed E-state index contributed by atoms with van der Waals surface area (Å²) in [5.41, 5.74) is 4.95. The van der Waals surface area contributed by atoms with E-state index in [0.29, 0.717) is 22.9 Å². The molecule has 0 spiro atoms. The number of nitrogens with one attached hydrogen (secondary N) is 1. The molecular weight excluding hydrogens is 685 g/mol. The fraction of sp³-hybridized carbons (Fsp3) is 0.472. The van der Waals surface area contributed by atoms with Crippen LogP contribution in [-0.2, 0) is 12.8 Å². The van der Waals surface area contributed by atoms with Crippen LogP contribution in [0, 0.1) is 5.92 Å². The average molecular weight is 731 g/mol. The second kappa shape index (κ2) is 14.2. The van der Waals surface area contributed by atoms with Crippen LogP contribution in [0.25, 0.3) is 0 Å². The lowest BCUT2D eigenvalue weighted by Gasteiger charge is -2.38. The molecule has 3 aliphatic rings. The molecule has 2 aromatic carbocycles. The molecule has 2 aromatic rings. The monoisotopic (exact) mass is 730 g/mol. The lowest BCUT2D eigenvalue weighted by Crippen LogP contribution is -2.48. The summed E-state index contributed by atoms with van der Waals surface area (Å²) in [5.74, 6) is 0.206. The predicted octanol–water partition coefficient (Wildman–Crippen LogP) is 8.03. The molecular formula is C36H45F2IN4O2. The van der Waals surface area contributed by atoms with Crippen molar-refractivity contribution in [3.63, 3.8) is 0 Å². The number of nitrogens with zero attached hydrogens (tertiary/aromatic N) is 3. The maximum absolute atomic E-state index is 15.5. The van der Waals surface area contributed by atoms with E-state index in [1.807, 2.05) is 25.1 Å². The van der Waals surface area contributed by atoms with E-state index >= 15 is 8.78 Å². The molecule has 2 heterocycles. The van der Waals surface area contributed by atoms with Gasteiger partial charge in [-0.1, -0.05) is 36.9 Å². The first-order valence-corrected chi connectivity index (χ1v) is 18.6. The molecule has 2 unspecified atom stereocenters. The molecule has 0 bridgehead atoms. The number of aliphatic imine (C=N–C) groups is 1. The van der Waals surface area contributed by atoms with Crippen LogP contribution in [0.2, 0.25) is 0 Å². The first kappa shape index (κ1) is 33.4. The van der Waals surface area contributed by atoms with Crippen molar-refractivity contribution in [2.45, 2.75) is 76.4 Å². The number of hydrogen-bond acceptors (Lipinski definition) is 6. The molecule has 1 fully saturated rings. The summed E-state index contributed by atoms with van der Waals surface area (Å²) in [7, 11) is 0.